The molecule has 0 amide bonds. The lowest BCUT2D eigenvalue weighted by atomic mass is 9.98. The summed E-state index contributed by atoms with van der Waals surface area (Å²) in [5, 5.41) is 7.24. The van der Waals surface area contributed by atoms with Crippen LogP contribution in [0.4, 0.5) is 17.1 Å². The van der Waals surface area contributed by atoms with Crippen LogP contribution in [-0.2, 0) is 0 Å². The van der Waals surface area contributed by atoms with Crippen molar-refractivity contribution >= 4 is 92.3 Å². The number of thiophene rings is 1. The summed E-state index contributed by atoms with van der Waals surface area (Å²) in [7, 11) is 0. The molecule has 9 aromatic carbocycles. The lowest BCUT2D eigenvalue weighted by Crippen LogP contribution is -2.10. The Kier molecular flexibility index (Phi) is 7.40. The summed E-state index contributed by atoms with van der Waals surface area (Å²) in [6.45, 7) is 0. The highest BCUT2D eigenvalue weighted by molar-refractivity contribution is 7.25. The molecule has 4 heteroatoms. The van der Waals surface area contributed by atoms with E-state index >= 15 is 0 Å². The second kappa shape index (κ2) is 13.1. The molecule has 0 aliphatic rings. The Bertz CT molecular complexity index is 3480. The Morgan fingerprint density at radius 3 is 1.84 bits per heavy atom. The third-order valence-corrected chi connectivity index (χ3v) is 12.7. The van der Waals surface area contributed by atoms with Crippen molar-refractivity contribution in [2.24, 2.45) is 0 Å². The molecule has 3 aromatic heterocycles. The van der Waals surface area contributed by atoms with Gasteiger partial charge in [-0.25, -0.2) is 0 Å². The molecule has 0 unspecified atom stereocenters. The Labute approximate surface area is 338 Å². The van der Waals surface area contributed by atoms with Crippen LogP contribution in [0.3, 0.4) is 0 Å². The van der Waals surface area contributed by atoms with Crippen molar-refractivity contribution in [3.8, 4) is 27.9 Å². The Morgan fingerprint density at radius 2 is 1.02 bits per heavy atom. The number of fused-ring (bicyclic) bond motifs is 9. The molecular weight excluding hydrogens is 725 g/mol. The molecule has 0 spiro atoms. The number of hydrogen-bond acceptors (Lipinski definition) is 3. The van der Waals surface area contributed by atoms with Gasteiger partial charge in [0.2, 0.25) is 0 Å². The maximum Gasteiger partial charge on any atom is 0.143 e. The standard InChI is InChI=1S/C54H34N2OS/c1-2-16-37(17-3-1)55(38-18-14-15-35(31-38)36-29-30-53-45(32-36)44-23-8-13-28-52(44)58-53)39-33-46(54-47(34-39)43-22-7-12-27-51(43)57-54)42-21-6-11-26-50(42)56-48-24-9-4-19-40(48)41-20-5-10-25-49(41)56/h1-34H. The Morgan fingerprint density at radius 1 is 0.379 bits per heavy atom. The zero-order valence-corrected chi connectivity index (χ0v) is 32.2. The van der Waals surface area contributed by atoms with Crippen LogP contribution in [0.2, 0.25) is 0 Å². The van der Waals surface area contributed by atoms with Crippen molar-refractivity contribution < 1.29 is 4.42 Å². The van der Waals surface area contributed by atoms with E-state index in [1.807, 2.05) is 11.3 Å². The molecule has 0 fully saturated rings. The van der Waals surface area contributed by atoms with Crippen LogP contribution in [0.25, 0.3) is 91.9 Å². The second-order valence-corrected chi connectivity index (χ2v) is 16.0. The van der Waals surface area contributed by atoms with E-state index in [2.05, 4.69) is 216 Å². The first-order valence-corrected chi connectivity index (χ1v) is 20.5. The molecule has 3 heterocycles. The van der Waals surface area contributed by atoms with E-state index in [4.69, 9.17) is 4.42 Å². The number of nitrogens with zero attached hydrogens (tertiary/aromatic N) is 2. The van der Waals surface area contributed by atoms with Crippen molar-refractivity contribution in [2.75, 3.05) is 4.90 Å². The van der Waals surface area contributed by atoms with E-state index < -0.39 is 0 Å². The summed E-state index contributed by atoms with van der Waals surface area (Å²) in [4.78, 5) is 2.38. The molecule has 0 aliphatic heterocycles. The van der Waals surface area contributed by atoms with Crippen LogP contribution in [0.1, 0.15) is 0 Å². The number of para-hydroxylation sites is 5. The SMILES string of the molecule is c1ccc(N(c2cccc(-c3ccc4sc5ccccc5c4c3)c2)c2cc(-c3ccccc3-n3c4ccccc4c4ccccc43)c3oc4ccccc4c3c2)cc1. The van der Waals surface area contributed by atoms with Gasteiger partial charge in [-0.3, -0.25) is 0 Å². The third-order valence-electron chi connectivity index (χ3n) is 11.6. The van der Waals surface area contributed by atoms with Crippen LogP contribution >= 0.6 is 11.3 Å². The zero-order chi connectivity index (χ0) is 38.2. The average Bonchev–Trinajstić information content (AvgIpc) is 3.96. The van der Waals surface area contributed by atoms with Crippen molar-refractivity contribution in [1.29, 1.82) is 0 Å². The molecule has 0 atom stereocenters. The first-order chi connectivity index (χ1) is 28.8. The quantitative estimate of drug-likeness (QED) is 0.168. The summed E-state index contributed by atoms with van der Waals surface area (Å²) in [6, 6.07) is 74.4. The van der Waals surface area contributed by atoms with Crippen molar-refractivity contribution in [1.82, 2.24) is 4.57 Å². The number of anilines is 3. The van der Waals surface area contributed by atoms with E-state index in [1.165, 1.54) is 53.1 Å². The molecular formula is C54H34N2OS. The number of hydrogen-bond donors (Lipinski definition) is 0. The first kappa shape index (κ1) is 32.8. The van der Waals surface area contributed by atoms with Crippen LogP contribution in [0.15, 0.2) is 211 Å². The minimum atomic E-state index is 0.870. The number of furan rings is 1. The van der Waals surface area contributed by atoms with E-state index in [0.717, 1.165) is 55.8 Å². The molecule has 0 radical (unpaired) electrons. The molecule has 58 heavy (non-hydrogen) atoms. The van der Waals surface area contributed by atoms with Crippen molar-refractivity contribution in [3.63, 3.8) is 0 Å². The van der Waals surface area contributed by atoms with Crippen LogP contribution < -0.4 is 4.90 Å². The molecule has 0 N–H and O–H groups in total. The molecule has 0 aliphatic carbocycles. The Balaban J connectivity index is 1.10. The fourth-order valence-electron chi connectivity index (χ4n) is 8.97. The highest BCUT2D eigenvalue weighted by atomic mass is 32.1. The first-order valence-electron chi connectivity index (χ1n) is 19.7. The molecule has 0 bridgehead atoms. The van der Waals surface area contributed by atoms with Gasteiger partial charge in [0.15, 0.2) is 0 Å². The van der Waals surface area contributed by atoms with E-state index in [9.17, 15) is 0 Å². The van der Waals surface area contributed by atoms with Crippen LogP contribution in [0.5, 0.6) is 0 Å². The maximum absolute atomic E-state index is 6.84. The normalized spacial score (nSPS) is 11.8. The molecule has 3 nitrogen and oxygen atoms in total. The van der Waals surface area contributed by atoms with Crippen molar-refractivity contribution in [3.05, 3.63) is 206 Å². The van der Waals surface area contributed by atoms with Gasteiger partial charge in [-0.1, -0.05) is 127 Å². The van der Waals surface area contributed by atoms with Gasteiger partial charge in [-0.2, -0.15) is 0 Å². The number of rotatable bonds is 6. The second-order valence-electron chi connectivity index (χ2n) is 14.9. The topological polar surface area (TPSA) is 21.3 Å². The monoisotopic (exact) mass is 758 g/mol. The molecule has 12 aromatic rings. The minimum absolute atomic E-state index is 0.870. The van der Waals surface area contributed by atoms with Gasteiger partial charge >= 0.3 is 0 Å². The highest BCUT2D eigenvalue weighted by Crippen LogP contribution is 2.46. The number of benzene rings is 9. The van der Waals surface area contributed by atoms with Gasteiger partial charge in [0.25, 0.3) is 0 Å². The summed E-state index contributed by atoms with van der Waals surface area (Å²) < 4.78 is 11.9. The van der Waals surface area contributed by atoms with E-state index in [-0.39, 0.29) is 0 Å². The predicted molar refractivity (Wildman–Crippen MR) is 247 cm³/mol. The van der Waals surface area contributed by atoms with Gasteiger partial charge in [0.05, 0.1) is 16.7 Å². The van der Waals surface area contributed by atoms with Gasteiger partial charge in [-0.15, -0.1) is 11.3 Å². The summed E-state index contributed by atoms with van der Waals surface area (Å²) in [5.41, 5.74) is 12.9. The van der Waals surface area contributed by atoms with Gasteiger partial charge in [-0.05, 0) is 90.0 Å². The van der Waals surface area contributed by atoms with Gasteiger partial charge in [0, 0.05) is 69.9 Å². The van der Waals surface area contributed by atoms with Gasteiger partial charge in [0.1, 0.15) is 11.2 Å². The van der Waals surface area contributed by atoms with E-state index in [1.54, 1.807) is 0 Å². The minimum Gasteiger partial charge on any atom is -0.455 e. The summed E-state index contributed by atoms with van der Waals surface area (Å²) >= 11 is 1.85. The van der Waals surface area contributed by atoms with Gasteiger partial charge < -0.3 is 13.9 Å². The molecule has 12 rings (SSSR count). The number of aromatic nitrogens is 1. The molecule has 0 saturated heterocycles. The van der Waals surface area contributed by atoms with Crippen LogP contribution in [0, 0.1) is 0 Å². The summed E-state index contributed by atoms with van der Waals surface area (Å²) in [6.07, 6.45) is 0. The maximum atomic E-state index is 6.84. The largest absolute Gasteiger partial charge is 0.455 e. The fraction of sp³-hybridized carbons (Fsp3) is 0. The average molecular weight is 759 g/mol. The Hall–Kier alpha value is -7.40. The molecule has 272 valence electrons. The van der Waals surface area contributed by atoms with Crippen LogP contribution in [-0.4, -0.2) is 4.57 Å². The lowest BCUT2D eigenvalue weighted by molar-refractivity contribution is 0.670. The lowest BCUT2D eigenvalue weighted by Gasteiger charge is -2.27. The summed E-state index contributed by atoms with van der Waals surface area (Å²) in [5.74, 6) is 0. The van der Waals surface area contributed by atoms with Crippen molar-refractivity contribution in [2.45, 2.75) is 0 Å². The van der Waals surface area contributed by atoms with E-state index in [0.29, 0.717) is 0 Å². The fourth-order valence-corrected chi connectivity index (χ4v) is 10.1. The zero-order valence-electron chi connectivity index (χ0n) is 31.3. The highest BCUT2D eigenvalue weighted by Gasteiger charge is 2.23. The predicted octanol–water partition coefficient (Wildman–Crippen LogP) is 15.9. The molecule has 0 saturated carbocycles. The smallest absolute Gasteiger partial charge is 0.143 e. The third kappa shape index (κ3) is 5.12.